The number of hydrogen-bond acceptors (Lipinski definition) is 5. The molecule has 8 nitrogen and oxygen atoms in total. The zero-order valence-corrected chi connectivity index (χ0v) is 18.4. The number of hydrogen-bond donors (Lipinski definition) is 2. The average Bonchev–Trinajstić information content (AvgIpc) is 2.60. The zero-order chi connectivity index (χ0) is 21.6. The van der Waals surface area contributed by atoms with Gasteiger partial charge in [-0.05, 0) is 31.5 Å². The van der Waals surface area contributed by atoms with Crippen LogP contribution in [0, 0.1) is 0 Å². The number of carbonyl (C=O) groups is 2. The molecule has 1 aromatic rings. The highest BCUT2D eigenvalue weighted by atomic mass is 35.5. The smallest absolute Gasteiger partial charge is 0.222 e. The van der Waals surface area contributed by atoms with Crippen LogP contribution >= 0.6 is 11.6 Å². The number of nitrogens with zero attached hydrogens (tertiary/aromatic N) is 1. The van der Waals surface area contributed by atoms with Crippen LogP contribution < -0.4 is 10.6 Å². The number of nitrogens with one attached hydrogen (secondary N) is 2. The van der Waals surface area contributed by atoms with Crippen molar-refractivity contribution in [2.24, 2.45) is 0 Å². The second kappa shape index (κ2) is 10.4. The van der Waals surface area contributed by atoms with Gasteiger partial charge in [0.2, 0.25) is 21.8 Å². The predicted molar refractivity (Wildman–Crippen MR) is 111 cm³/mol. The van der Waals surface area contributed by atoms with Crippen molar-refractivity contribution >= 4 is 33.4 Å². The molecule has 1 aliphatic heterocycles. The summed E-state index contributed by atoms with van der Waals surface area (Å²) < 4.78 is 32.0. The molecule has 10 heteroatoms. The van der Waals surface area contributed by atoms with Crippen LogP contribution in [0.25, 0.3) is 0 Å². The number of rotatable bonds is 8. The van der Waals surface area contributed by atoms with E-state index < -0.39 is 16.1 Å². The van der Waals surface area contributed by atoms with Crippen molar-refractivity contribution in [2.45, 2.75) is 45.4 Å². The van der Waals surface area contributed by atoms with E-state index in [1.807, 2.05) is 13.8 Å². The molecule has 1 aliphatic rings. The minimum atomic E-state index is -3.50. The number of ether oxygens (including phenoxy) is 1. The van der Waals surface area contributed by atoms with Crippen molar-refractivity contribution in [3.05, 3.63) is 34.9 Å². The standard InChI is InChI=1S/C19H28ClN3O5S/c1-13-11-23(12-14(2)28-13)29(26,27)9-8-21-19(25)10-18(22-15(3)24)16-4-6-17(20)7-5-16/h4-7,13-14,18H,8-12H2,1-3H3,(H,21,25)(H,22,24). The molecule has 0 spiro atoms. The minimum Gasteiger partial charge on any atom is -0.373 e. The second-order valence-electron chi connectivity index (χ2n) is 7.25. The molecule has 0 aromatic heterocycles. The molecule has 3 unspecified atom stereocenters. The van der Waals surface area contributed by atoms with E-state index in [1.165, 1.54) is 11.2 Å². The average molecular weight is 446 g/mol. The summed E-state index contributed by atoms with van der Waals surface area (Å²) in [5, 5.41) is 5.92. The predicted octanol–water partition coefficient (Wildman–Crippen LogP) is 1.46. The first kappa shape index (κ1) is 23.6. The molecule has 2 amide bonds. The number of sulfonamides is 1. The van der Waals surface area contributed by atoms with Crippen molar-refractivity contribution in [2.75, 3.05) is 25.4 Å². The van der Waals surface area contributed by atoms with Gasteiger partial charge in [0, 0.05) is 31.6 Å². The van der Waals surface area contributed by atoms with Crippen LogP contribution in [0.1, 0.15) is 38.8 Å². The molecule has 1 fully saturated rings. The first-order valence-corrected chi connectivity index (χ1v) is 11.5. The van der Waals surface area contributed by atoms with E-state index in [1.54, 1.807) is 24.3 Å². The van der Waals surface area contributed by atoms with E-state index in [9.17, 15) is 18.0 Å². The molecule has 1 aromatic carbocycles. The summed E-state index contributed by atoms with van der Waals surface area (Å²) in [5.41, 5.74) is 0.740. The van der Waals surface area contributed by atoms with Gasteiger partial charge in [-0.25, -0.2) is 8.42 Å². The van der Waals surface area contributed by atoms with Gasteiger partial charge in [0.05, 0.1) is 30.4 Å². The van der Waals surface area contributed by atoms with Crippen LogP contribution in [0.15, 0.2) is 24.3 Å². The van der Waals surface area contributed by atoms with E-state index in [0.717, 1.165) is 5.56 Å². The number of amides is 2. The minimum absolute atomic E-state index is 0.00526. The molecule has 0 aliphatic carbocycles. The fourth-order valence-corrected chi connectivity index (χ4v) is 4.87. The van der Waals surface area contributed by atoms with Crippen molar-refractivity contribution in [3.63, 3.8) is 0 Å². The molecular formula is C19H28ClN3O5S. The summed E-state index contributed by atoms with van der Waals surface area (Å²) in [7, 11) is -3.50. The Balaban J connectivity index is 1.89. The summed E-state index contributed by atoms with van der Waals surface area (Å²) in [6, 6.07) is 6.31. The fourth-order valence-electron chi connectivity index (χ4n) is 3.26. The van der Waals surface area contributed by atoms with Crippen molar-refractivity contribution < 1.29 is 22.7 Å². The van der Waals surface area contributed by atoms with Gasteiger partial charge in [-0.2, -0.15) is 4.31 Å². The number of benzene rings is 1. The lowest BCUT2D eigenvalue weighted by atomic mass is 10.0. The van der Waals surface area contributed by atoms with Gasteiger partial charge in [0.1, 0.15) is 0 Å². The molecule has 0 bridgehead atoms. The third-order valence-corrected chi connectivity index (χ3v) is 6.56. The molecule has 29 heavy (non-hydrogen) atoms. The third kappa shape index (κ3) is 7.58. The van der Waals surface area contributed by atoms with Gasteiger partial charge in [-0.1, -0.05) is 23.7 Å². The van der Waals surface area contributed by atoms with Crippen molar-refractivity contribution in [3.8, 4) is 0 Å². The summed E-state index contributed by atoms with van der Waals surface area (Å²) in [4.78, 5) is 23.8. The Hall–Kier alpha value is -1.68. The van der Waals surface area contributed by atoms with Crippen LogP contribution in [0.2, 0.25) is 5.02 Å². The number of carbonyl (C=O) groups excluding carboxylic acids is 2. The quantitative estimate of drug-likeness (QED) is 0.630. The lowest BCUT2D eigenvalue weighted by molar-refractivity contribution is -0.122. The van der Waals surface area contributed by atoms with Gasteiger partial charge < -0.3 is 15.4 Å². The van der Waals surface area contributed by atoms with Crippen LogP contribution in [0.5, 0.6) is 0 Å². The summed E-state index contributed by atoms with van der Waals surface area (Å²) in [6.07, 6.45) is -0.339. The molecule has 1 saturated heterocycles. The first-order chi connectivity index (χ1) is 13.6. The van der Waals surface area contributed by atoms with E-state index in [0.29, 0.717) is 18.1 Å². The molecule has 0 saturated carbocycles. The highest BCUT2D eigenvalue weighted by Crippen LogP contribution is 2.19. The van der Waals surface area contributed by atoms with Crippen LogP contribution in [-0.2, 0) is 24.3 Å². The molecule has 2 rings (SSSR count). The van der Waals surface area contributed by atoms with Crippen molar-refractivity contribution in [1.29, 1.82) is 0 Å². The summed E-state index contributed by atoms with van der Waals surface area (Å²) in [5.74, 6) is -0.808. The maximum atomic E-state index is 12.5. The molecule has 2 N–H and O–H groups in total. The van der Waals surface area contributed by atoms with Crippen LogP contribution in [0.4, 0.5) is 0 Å². The number of morpholine rings is 1. The monoisotopic (exact) mass is 445 g/mol. The van der Waals surface area contributed by atoms with Gasteiger partial charge in [0.15, 0.2) is 0 Å². The Morgan fingerprint density at radius 2 is 1.79 bits per heavy atom. The Bertz CT molecular complexity index is 806. The van der Waals surface area contributed by atoms with Crippen LogP contribution in [0.3, 0.4) is 0 Å². The van der Waals surface area contributed by atoms with Crippen LogP contribution in [-0.4, -0.2) is 62.1 Å². The van der Waals surface area contributed by atoms with Gasteiger partial charge >= 0.3 is 0 Å². The largest absolute Gasteiger partial charge is 0.373 e. The number of halogens is 1. The van der Waals surface area contributed by atoms with E-state index in [2.05, 4.69) is 10.6 Å². The van der Waals surface area contributed by atoms with Crippen molar-refractivity contribution in [1.82, 2.24) is 14.9 Å². The van der Waals surface area contributed by atoms with E-state index in [4.69, 9.17) is 16.3 Å². The molecule has 1 heterocycles. The molecule has 162 valence electrons. The van der Waals surface area contributed by atoms with Gasteiger partial charge in [-0.15, -0.1) is 0 Å². The molecule has 3 atom stereocenters. The summed E-state index contributed by atoms with van der Waals surface area (Å²) in [6.45, 7) is 5.65. The molecule has 0 radical (unpaired) electrons. The third-order valence-electron chi connectivity index (χ3n) is 4.50. The fraction of sp³-hybridized carbons (Fsp3) is 0.579. The highest BCUT2D eigenvalue weighted by Gasteiger charge is 2.30. The summed E-state index contributed by atoms with van der Waals surface area (Å²) >= 11 is 5.89. The Kier molecular flexibility index (Phi) is 8.45. The Morgan fingerprint density at radius 1 is 1.21 bits per heavy atom. The maximum Gasteiger partial charge on any atom is 0.222 e. The maximum absolute atomic E-state index is 12.5. The Morgan fingerprint density at radius 3 is 2.34 bits per heavy atom. The topological polar surface area (TPSA) is 105 Å². The SMILES string of the molecule is CC(=O)NC(CC(=O)NCCS(=O)(=O)N1CC(C)OC(C)C1)c1ccc(Cl)cc1. The van der Waals surface area contributed by atoms with E-state index in [-0.39, 0.29) is 42.7 Å². The lowest BCUT2D eigenvalue weighted by Gasteiger charge is -2.34. The second-order valence-corrected chi connectivity index (χ2v) is 9.77. The first-order valence-electron chi connectivity index (χ1n) is 9.49. The molecular weight excluding hydrogens is 418 g/mol. The van der Waals surface area contributed by atoms with Gasteiger partial charge in [-0.3, -0.25) is 9.59 Å². The van der Waals surface area contributed by atoms with Gasteiger partial charge in [0.25, 0.3) is 0 Å². The van der Waals surface area contributed by atoms with E-state index >= 15 is 0 Å². The zero-order valence-electron chi connectivity index (χ0n) is 16.9. The Labute approximate surface area is 177 Å². The normalized spacial score (nSPS) is 21.4. The lowest BCUT2D eigenvalue weighted by Crippen LogP contribution is -2.49. The highest BCUT2D eigenvalue weighted by molar-refractivity contribution is 7.89.